The van der Waals surface area contributed by atoms with Crippen molar-refractivity contribution in [2.75, 3.05) is 6.61 Å². The number of amides is 1. The Morgan fingerprint density at radius 2 is 1.56 bits per heavy atom. The standard InChI is InChI=1S/C34H28ClNO5/c1-3-39-29-17-24(14-15-27(29)40-20-23-12-8-5-9-13-23)31-30-32(37)25-18-26(35)21(2)16-28(25)41-33(30)34(38)36(31)19-22-10-6-4-7-11-22/h4-18,31H,3,19-20H2,1-2H3. The molecule has 1 unspecified atom stereocenters. The lowest BCUT2D eigenvalue weighted by molar-refractivity contribution is 0.0714. The van der Waals surface area contributed by atoms with Gasteiger partial charge in [0.25, 0.3) is 5.91 Å². The molecule has 0 aliphatic carbocycles. The van der Waals surface area contributed by atoms with Crippen LogP contribution in [0.1, 0.15) is 51.3 Å². The molecule has 0 saturated heterocycles. The van der Waals surface area contributed by atoms with Crippen LogP contribution < -0.4 is 14.9 Å². The smallest absolute Gasteiger partial charge is 0.291 e. The van der Waals surface area contributed by atoms with Crippen LogP contribution in [0, 0.1) is 6.92 Å². The van der Waals surface area contributed by atoms with Gasteiger partial charge in [-0.25, -0.2) is 0 Å². The van der Waals surface area contributed by atoms with Gasteiger partial charge >= 0.3 is 0 Å². The molecule has 0 fully saturated rings. The molecule has 1 aliphatic rings. The van der Waals surface area contributed by atoms with Crippen molar-refractivity contribution in [1.29, 1.82) is 0 Å². The average Bonchev–Trinajstić information content (AvgIpc) is 3.26. The third-order valence-electron chi connectivity index (χ3n) is 7.26. The molecule has 0 spiro atoms. The van der Waals surface area contributed by atoms with Crippen LogP contribution >= 0.6 is 11.6 Å². The number of carbonyl (C=O) groups excluding carboxylic acids is 1. The summed E-state index contributed by atoms with van der Waals surface area (Å²) in [6.45, 7) is 4.82. The second kappa shape index (κ2) is 11.1. The van der Waals surface area contributed by atoms with Crippen LogP contribution in [-0.4, -0.2) is 17.4 Å². The van der Waals surface area contributed by atoms with Crippen molar-refractivity contribution in [2.45, 2.75) is 33.0 Å². The number of carbonyl (C=O) groups is 1. The van der Waals surface area contributed by atoms with E-state index in [1.807, 2.05) is 92.7 Å². The van der Waals surface area contributed by atoms with E-state index < -0.39 is 6.04 Å². The van der Waals surface area contributed by atoms with Crippen LogP contribution in [0.4, 0.5) is 0 Å². The number of hydrogen-bond donors (Lipinski definition) is 0. The fourth-order valence-corrected chi connectivity index (χ4v) is 5.41. The van der Waals surface area contributed by atoms with Crippen LogP contribution in [0.15, 0.2) is 100 Å². The predicted octanol–water partition coefficient (Wildman–Crippen LogP) is 7.48. The van der Waals surface area contributed by atoms with E-state index in [9.17, 15) is 9.59 Å². The van der Waals surface area contributed by atoms with Crippen LogP contribution in [0.25, 0.3) is 11.0 Å². The molecule has 0 radical (unpaired) electrons. The van der Waals surface area contributed by atoms with Crippen LogP contribution in [0.2, 0.25) is 5.02 Å². The quantitative estimate of drug-likeness (QED) is 0.195. The Hall–Kier alpha value is -4.55. The van der Waals surface area contributed by atoms with E-state index >= 15 is 0 Å². The lowest BCUT2D eigenvalue weighted by Gasteiger charge is -2.26. The van der Waals surface area contributed by atoms with E-state index in [4.69, 9.17) is 25.5 Å². The minimum atomic E-state index is -0.694. The summed E-state index contributed by atoms with van der Waals surface area (Å²) in [4.78, 5) is 29.5. The van der Waals surface area contributed by atoms with Gasteiger partial charge in [-0.15, -0.1) is 0 Å². The molecule has 6 nitrogen and oxygen atoms in total. The van der Waals surface area contributed by atoms with E-state index in [1.54, 1.807) is 17.0 Å². The molecule has 0 N–H and O–H groups in total. The first-order valence-corrected chi connectivity index (χ1v) is 13.9. The zero-order chi connectivity index (χ0) is 28.5. The summed E-state index contributed by atoms with van der Waals surface area (Å²) in [5.41, 5.74) is 3.79. The molecule has 1 aliphatic heterocycles. The Morgan fingerprint density at radius 3 is 2.27 bits per heavy atom. The zero-order valence-corrected chi connectivity index (χ0v) is 23.5. The molecule has 1 aromatic heterocycles. The largest absolute Gasteiger partial charge is 0.490 e. The van der Waals surface area contributed by atoms with Gasteiger partial charge in [-0.3, -0.25) is 9.59 Å². The number of ether oxygens (including phenoxy) is 2. The molecule has 7 heteroatoms. The van der Waals surface area contributed by atoms with E-state index in [2.05, 4.69) is 0 Å². The van der Waals surface area contributed by atoms with Gasteiger partial charge in [-0.1, -0.05) is 78.3 Å². The fourth-order valence-electron chi connectivity index (χ4n) is 5.25. The first kappa shape index (κ1) is 26.7. The lowest BCUT2D eigenvalue weighted by Crippen LogP contribution is -2.29. The minimum Gasteiger partial charge on any atom is -0.490 e. The summed E-state index contributed by atoms with van der Waals surface area (Å²) in [5.74, 6) is 0.812. The highest BCUT2D eigenvalue weighted by Gasteiger charge is 2.43. The topological polar surface area (TPSA) is 69.0 Å². The molecule has 6 rings (SSSR count). The molecule has 1 atom stereocenters. The Labute approximate surface area is 242 Å². The highest BCUT2D eigenvalue weighted by molar-refractivity contribution is 6.32. The number of benzene rings is 4. The van der Waals surface area contributed by atoms with E-state index in [1.165, 1.54) is 0 Å². The van der Waals surface area contributed by atoms with Gasteiger partial charge < -0.3 is 18.8 Å². The van der Waals surface area contributed by atoms with Crippen molar-refractivity contribution in [2.24, 2.45) is 0 Å². The van der Waals surface area contributed by atoms with Crippen LogP contribution in [0.3, 0.4) is 0 Å². The first-order chi connectivity index (χ1) is 19.9. The SMILES string of the molecule is CCOc1cc(C2c3c(oc4cc(C)c(Cl)cc4c3=O)C(=O)N2Cc2ccccc2)ccc1OCc1ccccc1. The summed E-state index contributed by atoms with van der Waals surface area (Å²) in [5, 5.41) is 0.803. The number of fused-ring (bicyclic) bond motifs is 2. The van der Waals surface area contributed by atoms with Crippen molar-refractivity contribution < 1.29 is 18.7 Å². The minimum absolute atomic E-state index is 0.0486. The van der Waals surface area contributed by atoms with Crippen molar-refractivity contribution >= 4 is 28.5 Å². The molecular weight excluding hydrogens is 538 g/mol. The van der Waals surface area contributed by atoms with Gasteiger partial charge in [0.1, 0.15) is 12.2 Å². The molecule has 0 bridgehead atoms. The van der Waals surface area contributed by atoms with Gasteiger partial charge in [-0.05, 0) is 60.4 Å². The lowest BCUT2D eigenvalue weighted by atomic mass is 9.97. The zero-order valence-electron chi connectivity index (χ0n) is 22.7. The number of halogens is 1. The summed E-state index contributed by atoms with van der Waals surface area (Å²) in [7, 11) is 0. The summed E-state index contributed by atoms with van der Waals surface area (Å²) < 4.78 is 18.2. The second-order valence-corrected chi connectivity index (χ2v) is 10.4. The maximum atomic E-state index is 14.0. The molecule has 0 saturated carbocycles. The Kier molecular flexibility index (Phi) is 7.25. The van der Waals surface area contributed by atoms with Crippen molar-refractivity contribution in [3.05, 3.63) is 140 Å². The fraction of sp³-hybridized carbons (Fsp3) is 0.176. The summed E-state index contributed by atoms with van der Waals surface area (Å²) >= 11 is 6.39. The molecule has 4 aromatic carbocycles. The van der Waals surface area contributed by atoms with Gasteiger partial charge in [0.15, 0.2) is 16.9 Å². The van der Waals surface area contributed by atoms with Crippen molar-refractivity contribution in [1.82, 2.24) is 4.90 Å². The number of aryl methyl sites for hydroxylation is 1. The Balaban J connectivity index is 1.47. The molecule has 2 heterocycles. The maximum absolute atomic E-state index is 14.0. The van der Waals surface area contributed by atoms with Crippen molar-refractivity contribution in [3.63, 3.8) is 0 Å². The maximum Gasteiger partial charge on any atom is 0.291 e. The van der Waals surface area contributed by atoms with Gasteiger partial charge in [-0.2, -0.15) is 0 Å². The first-order valence-electron chi connectivity index (χ1n) is 13.5. The molecule has 5 aromatic rings. The van der Waals surface area contributed by atoms with Crippen molar-refractivity contribution in [3.8, 4) is 11.5 Å². The highest BCUT2D eigenvalue weighted by atomic mass is 35.5. The normalized spacial score (nSPS) is 14.4. The second-order valence-electron chi connectivity index (χ2n) is 10.0. The Morgan fingerprint density at radius 1 is 0.854 bits per heavy atom. The van der Waals surface area contributed by atoms with E-state index in [0.29, 0.717) is 58.4 Å². The molecule has 1 amide bonds. The van der Waals surface area contributed by atoms with Crippen LogP contribution in [-0.2, 0) is 13.2 Å². The molecular formula is C34H28ClNO5. The molecule has 206 valence electrons. The van der Waals surface area contributed by atoms with Gasteiger partial charge in [0.05, 0.1) is 23.6 Å². The van der Waals surface area contributed by atoms with Gasteiger partial charge in [0, 0.05) is 11.6 Å². The number of hydrogen-bond acceptors (Lipinski definition) is 5. The van der Waals surface area contributed by atoms with E-state index in [0.717, 1.165) is 16.7 Å². The third kappa shape index (κ3) is 5.07. The Bertz CT molecular complexity index is 1800. The van der Waals surface area contributed by atoms with E-state index in [-0.39, 0.29) is 17.1 Å². The highest BCUT2D eigenvalue weighted by Crippen LogP contribution is 2.42. The number of rotatable bonds is 8. The summed E-state index contributed by atoms with van der Waals surface area (Å²) in [6.07, 6.45) is 0. The molecule has 41 heavy (non-hydrogen) atoms. The monoisotopic (exact) mass is 565 g/mol. The third-order valence-corrected chi connectivity index (χ3v) is 7.67. The van der Waals surface area contributed by atoms with Crippen LogP contribution in [0.5, 0.6) is 11.5 Å². The summed E-state index contributed by atoms with van der Waals surface area (Å²) in [6, 6.07) is 27.7. The van der Waals surface area contributed by atoms with Gasteiger partial charge in [0.2, 0.25) is 5.76 Å². The predicted molar refractivity (Wildman–Crippen MR) is 159 cm³/mol. The average molecular weight is 566 g/mol. The number of nitrogens with zero attached hydrogens (tertiary/aromatic N) is 1.